The third-order valence-electron chi connectivity index (χ3n) is 5.51. The van der Waals surface area contributed by atoms with E-state index in [0.29, 0.717) is 6.61 Å². The van der Waals surface area contributed by atoms with Crippen molar-refractivity contribution in [3.63, 3.8) is 0 Å². The maximum Gasteiger partial charge on any atom is 0.163 e. The van der Waals surface area contributed by atoms with Gasteiger partial charge in [-0.3, -0.25) is 0 Å². The molecule has 0 bridgehead atoms. The Hall–Kier alpha value is -2.14. The van der Waals surface area contributed by atoms with Crippen LogP contribution in [-0.4, -0.2) is 48.2 Å². The third-order valence-corrected chi connectivity index (χ3v) is 5.51. The first-order valence-electron chi connectivity index (χ1n) is 10.2. The van der Waals surface area contributed by atoms with Gasteiger partial charge in [-0.2, -0.15) is 0 Å². The Morgan fingerprint density at radius 3 is 2.67 bits per heavy atom. The molecular weight excluding hydrogens is 338 g/mol. The van der Waals surface area contributed by atoms with Crippen molar-refractivity contribution in [3.05, 3.63) is 29.7 Å². The summed E-state index contributed by atoms with van der Waals surface area (Å²) in [5, 5.41) is 1.05. The first kappa shape index (κ1) is 18.2. The monoisotopic (exact) mass is 367 g/mol. The highest BCUT2D eigenvalue weighted by Crippen LogP contribution is 2.37. The molecule has 0 unspecified atom stereocenters. The second-order valence-corrected chi connectivity index (χ2v) is 7.51. The number of ether oxygens (including phenoxy) is 2. The molecule has 1 aromatic heterocycles. The Labute approximate surface area is 161 Å². The predicted molar refractivity (Wildman–Crippen MR) is 108 cm³/mol. The van der Waals surface area contributed by atoms with E-state index in [-0.39, 0.29) is 0 Å². The molecule has 1 aromatic carbocycles. The minimum Gasteiger partial charge on any atom is -0.493 e. The van der Waals surface area contributed by atoms with Crippen LogP contribution in [0, 0.1) is 6.92 Å². The van der Waals surface area contributed by atoms with Crippen molar-refractivity contribution in [1.29, 1.82) is 0 Å². The second kappa shape index (κ2) is 8.26. The van der Waals surface area contributed by atoms with Gasteiger partial charge in [0.15, 0.2) is 11.5 Å². The van der Waals surface area contributed by atoms with E-state index in [0.717, 1.165) is 59.7 Å². The van der Waals surface area contributed by atoms with Crippen LogP contribution in [0.25, 0.3) is 16.5 Å². The molecule has 27 heavy (non-hydrogen) atoms. The molecule has 1 saturated heterocycles. The Morgan fingerprint density at radius 2 is 1.93 bits per heavy atom. The van der Waals surface area contributed by atoms with Crippen LogP contribution in [0.5, 0.6) is 11.5 Å². The van der Waals surface area contributed by atoms with Crippen LogP contribution in [0.15, 0.2) is 18.2 Å². The summed E-state index contributed by atoms with van der Waals surface area (Å²) >= 11 is 0. The third kappa shape index (κ3) is 4.08. The number of aromatic nitrogens is 2. The molecular formula is C22H29N3O2. The van der Waals surface area contributed by atoms with E-state index in [2.05, 4.69) is 16.0 Å². The van der Waals surface area contributed by atoms with Gasteiger partial charge in [0.1, 0.15) is 5.82 Å². The molecule has 2 aliphatic rings. The van der Waals surface area contributed by atoms with Crippen molar-refractivity contribution in [2.75, 3.05) is 33.4 Å². The summed E-state index contributed by atoms with van der Waals surface area (Å²) in [6, 6.07) is 4.05. The number of allylic oxidation sites excluding steroid dienone is 2. The van der Waals surface area contributed by atoms with Crippen molar-refractivity contribution in [3.8, 4) is 11.5 Å². The first-order valence-corrected chi connectivity index (χ1v) is 10.2. The molecule has 1 aliphatic heterocycles. The predicted octanol–water partition coefficient (Wildman–Crippen LogP) is 4.38. The largest absolute Gasteiger partial charge is 0.493 e. The quantitative estimate of drug-likeness (QED) is 0.680. The van der Waals surface area contributed by atoms with Crippen LogP contribution < -0.4 is 9.47 Å². The van der Waals surface area contributed by atoms with Gasteiger partial charge >= 0.3 is 0 Å². The first-order chi connectivity index (χ1) is 13.2. The summed E-state index contributed by atoms with van der Waals surface area (Å²) < 4.78 is 11.7. The Kier molecular flexibility index (Phi) is 5.58. The maximum absolute atomic E-state index is 6.07. The van der Waals surface area contributed by atoms with Gasteiger partial charge in [-0.25, -0.2) is 9.97 Å². The van der Waals surface area contributed by atoms with Gasteiger partial charge in [0.2, 0.25) is 0 Å². The number of likely N-dealkylation sites (tertiary alicyclic amines) is 1. The van der Waals surface area contributed by atoms with Gasteiger partial charge in [-0.1, -0.05) is 6.08 Å². The van der Waals surface area contributed by atoms with E-state index in [1.165, 1.54) is 37.9 Å². The molecule has 0 radical (unpaired) electrons. The minimum absolute atomic E-state index is 0.695. The number of aryl methyl sites for hydroxylation is 1. The number of nitrogens with zero attached hydrogens (tertiary/aromatic N) is 3. The van der Waals surface area contributed by atoms with Gasteiger partial charge in [0.05, 0.1) is 24.9 Å². The summed E-state index contributed by atoms with van der Waals surface area (Å²) in [6.07, 6.45) is 9.42. The second-order valence-electron chi connectivity index (χ2n) is 7.51. The topological polar surface area (TPSA) is 47.5 Å². The summed E-state index contributed by atoms with van der Waals surface area (Å²) in [4.78, 5) is 11.9. The van der Waals surface area contributed by atoms with E-state index in [1.54, 1.807) is 7.11 Å². The van der Waals surface area contributed by atoms with Gasteiger partial charge in [0.25, 0.3) is 0 Å². The molecule has 2 heterocycles. The van der Waals surface area contributed by atoms with Crippen LogP contribution in [-0.2, 0) is 0 Å². The summed E-state index contributed by atoms with van der Waals surface area (Å²) in [6.45, 7) is 6.22. The Balaban J connectivity index is 1.55. The molecule has 0 amide bonds. The highest BCUT2D eigenvalue weighted by Gasteiger charge is 2.17. The highest BCUT2D eigenvalue weighted by molar-refractivity contribution is 5.92. The lowest BCUT2D eigenvalue weighted by Crippen LogP contribution is -2.21. The number of hydrogen-bond acceptors (Lipinski definition) is 5. The van der Waals surface area contributed by atoms with Crippen LogP contribution in [0.4, 0.5) is 0 Å². The molecule has 144 valence electrons. The standard InChI is InChI=1S/C22H29N3O2/c1-16-23-19-15-21(27-13-7-12-25-10-5-6-11-25)20(26-2)14-18(19)22(24-16)17-8-3-4-9-17/h8,14-15H,3-7,9-13H2,1-2H3. The van der Waals surface area contributed by atoms with Crippen LogP contribution in [0.3, 0.4) is 0 Å². The van der Waals surface area contributed by atoms with E-state index in [9.17, 15) is 0 Å². The Morgan fingerprint density at radius 1 is 1.07 bits per heavy atom. The van der Waals surface area contributed by atoms with Crippen LogP contribution in [0.2, 0.25) is 0 Å². The fourth-order valence-corrected chi connectivity index (χ4v) is 4.13. The lowest BCUT2D eigenvalue weighted by atomic mass is 10.1. The zero-order valence-electron chi connectivity index (χ0n) is 16.5. The van der Waals surface area contributed by atoms with Crippen LogP contribution >= 0.6 is 0 Å². The van der Waals surface area contributed by atoms with Crippen molar-refractivity contribution in [2.45, 2.75) is 45.4 Å². The van der Waals surface area contributed by atoms with Crippen molar-refractivity contribution in [2.24, 2.45) is 0 Å². The summed E-state index contributed by atoms with van der Waals surface area (Å²) in [7, 11) is 1.70. The molecule has 4 rings (SSSR count). The van der Waals surface area contributed by atoms with Gasteiger partial charge in [-0.05, 0) is 70.2 Å². The lowest BCUT2D eigenvalue weighted by Gasteiger charge is -2.16. The van der Waals surface area contributed by atoms with Gasteiger partial charge in [0, 0.05) is 18.0 Å². The molecule has 0 saturated carbocycles. The molecule has 0 spiro atoms. The average Bonchev–Trinajstić information content (AvgIpc) is 3.37. The molecule has 5 nitrogen and oxygen atoms in total. The molecule has 2 aromatic rings. The number of fused-ring (bicyclic) bond motifs is 1. The van der Waals surface area contributed by atoms with Crippen molar-refractivity contribution < 1.29 is 9.47 Å². The SMILES string of the molecule is COc1cc2c(C3=CCCC3)nc(C)nc2cc1OCCCN1CCCC1. The zero-order valence-corrected chi connectivity index (χ0v) is 16.5. The van der Waals surface area contributed by atoms with Gasteiger partial charge < -0.3 is 14.4 Å². The molecule has 0 N–H and O–H groups in total. The Bertz CT molecular complexity index is 841. The fourth-order valence-electron chi connectivity index (χ4n) is 4.13. The molecule has 1 aliphatic carbocycles. The van der Waals surface area contributed by atoms with E-state index < -0.39 is 0 Å². The lowest BCUT2D eigenvalue weighted by molar-refractivity contribution is 0.254. The normalized spacial score (nSPS) is 17.5. The molecule has 1 fully saturated rings. The minimum atomic E-state index is 0.695. The fraction of sp³-hybridized carbons (Fsp3) is 0.545. The van der Waals surface area contributed by atoms with Gasteiger partial charge in [-0.15, -0.1) is 0 Å². The van der Waals surface area contributed by atoms with E-state index in [4.69, 9.17) is 14.5 Å². The number of rotatable bonds is 7. The van der Waals surface area contributed by atoms with Crippen molar-refractivity contribution >= 4 is 16.5 Å². The number of benzene rings is 1. The average molecular weight is 367 g/mol. The smallest absolute Gasteiger partial charge is 0.163 e. The van der Waals surface area contributed by atoms with E-state index in [1.807, 2.05) is 19.1 Å². The zero-order chi connectivity index (χ0) is 18.6. The number of hydrogen-bond donors (Lipinski definition) is 0. The highest BCUT2D eigenvalue weighted by atomic mass is 16.5. The van der Waals surface area contributed by atoms with Crippen LogP contribution in [0.1, 0.15) is 50.0 Å². The van der Waals surface area contributed by atoms with E-state index >= 15 is 0 Å². The number of methoxy groups -OCH3 is 1. The summed E-state index contributed by atoms with van der Waals surface area (Å²) in [5.74, 6) is 2.34. The molecule has 0 atom stereocenters. The molecule has 5 heteroatoms. The van der Waals surface area contributed by atoms with Crippen molar-refractivity contribution in [1.82, 2.24) is 14.9 Å². The summed E-state index contributed by atoms with van der Waals surface area (Å²) in [5.41, 5.74) is 3.31. The maximum atomic E-state index is 6.07.